The van der Waals surface area contributed by atoms with Gasteiger partial charge in [-0.15, -0.1) is 0 Å². The van der Waals surface area contributed by atoms with Crippen LogP contribution in [0.4, 0.5) is 0 Å². The average Bonchev–Trinajstić information content (AvgIpc) is 2.60. The highest BCUT2D eigenvalue weighted by atomic mass is 35.5. The van der Waals surface area contributed by atoms with E-state index < -0.39 is 0 Å². The van der Waals surface area contributed by atoms with Gasteiger partial charge in [0.05, 0.1) is 19.9 Å². The van der Waals surface area contributed by atoms with E-state index in [-0.39, 0.29) is 0 Å². The fourth-order valence-electron chi connectivity index (χ4n) is 2.32. The molecule has 4 nitrogen and oxygen atoms in total. The molecule has 24 heavy (non-hydrogen) atoms. The average molecular weight is 361 g/mol. The molecular weight excluding hydrogens is 347 g/mol. The van der Waals surface area contributed by atoms with Gasteiger partial charge in [0.1, 0.15) is 5.15 Å². The fourth-order valence-corrected chi connectivity index (χ4v) is 2.69. The predicted octanol–water partition coefficient (Wildman–Crippen LogP) is 5.13. The zero-order chi connectivity index (χ0) is 17.1. The van der Waals surface area contributed by atoms with Gasteiger partial charge in [-0.2, -0.15) is 0 Å². The zero-order valence-electron chi connectivity index (χ0n) is 13.1. The number of hydrogen-bond donors (Lipinski definition) is 0. The van der Waals surface area contributed by atoms with Crippen molar-refractivity contribution >= 4 is 23.2 Å². The van der Waals surface area contributed by atoms with Crippen LogP contribution in [0.5, 0.6) is 11.5 Å². The van der Waals surface area contributed by atoms with Gasteiger partial charge in [0.2, 0.25) is 0 Å². The molecule has 122 valence electrons. The fraction of sp³-hybridized carbons (Fsp3) is 0.111. The van der Waals surface area contributed by atoms with E-state index in [1.54, 1.807) is 32.4 Å². The first-order valence-corrected chi connectivity index (χ1v) is 7.89. The lowest BCUT2D eigenvalue weighted by molar-refractivity contribution is 0.355. The Balaban J connectivity index is 2.09. The lowest BCUT2D eigenvalue weighted by atomic mass is 10.1. The molecule has 0 aliphatic rings. The molecule has 3 rings (SSSR count). The molecule has 0 aliphatic heterocycles. The van der Waals surface area contributed by atoms with Crippen LogP contribution < -0.4 is 9.47 Å². The second-order valence-electron chi connectivity index (χ2n) is 4.98. The molecule has 1 aromatic heterocycles. The number of ether oxygens (including phenoxy) is 2. The molecule has 0 amide bonds. The van der Waals surface area contributed by atoms with Crippen LogP contribution in [0.15, 0.2) is 48.5 Å². The molecule has 3 aromatic rings. The molecule has 1 heterocycles. The van der Waals surface area contributed by atoms with Gasteiger partial charge in [-0.05, 0) is 30.3 Å². The maximum absolute atomic E-state index is 6.18. The molecule has 0 spiro atoms. The molecule has 0 fully saturated rings. The van der Waals surface area contributed by atoms with E-state index >= 15 is 0 Å². The van der Waals surface area contributed by atoms with Crippen LogP contribution in [0.1, 0.15) is 0 Å². The van der Waals surface area contributed by atoms with Gasteiger partial charge in [0, 0.05) is 22.2 Å². The predicted molar refractivity (Wildman–Crippen MR) is 96.0 cm³/mol. The Hall–Kier alpha value is -2.30. The standard InChI is InChI=1S/C18H14Cl2N2O2/c1-23-15-7-6-11(9-16(15)24-2)14-10-17(20)22-18(21-14)12-4-3-5-13(19)8-12/h3-10H,1-2H3. The van der Waals surface area contributed by atoms with E-state index in [2.05, 4.69) is 9.97 Å². The monoisotopic (exact) mass is 360 g/mol. The molecule has 0 radical (unpaired) electrons. The summed E-state index contributed by atoms with van der Waals surface area (Å²) in [7, 11) is 3.18. The highest BCUT2D eigenvalue weighted by Gasteiger charge is 2.11. The van der Waals surface area contributed by atoms with Crippen LogP contribution in [-0.2, 0) is 0 Å². The number of benzene rings is 2. The lowest BCUT2D eigenvalue weighted by Crippen LogP contribution is -1.95. The highest BCUT2D eigenvalue weighted by molar-refractivity contribution is 6.31. The van der Waals surface area contributed by atoms with Crippen LogP contribution in [0.2, 0.25) is 10.2 Å². The van der Waals surface area contributed by atoms with Crippen molar-refractivity contribution in [1.82, 2.24) is 9.97 Å². The van der Waals surface area contributed by atoms with Gasteiger partial charge in [0.25, 0.3) is 0 Å². The van der Waals surface area contributed by atoms with Crippen molar-refractivity contribution in [1.29, 1.82) is 0 Å². The van der Waals surface area contributed by atoms with Crippen molar-refractivity contribution in [2.75, 3.05) is 14.2 Å². The van der Waals surface area contributed by atoms with Crippen molar-refractivity contribution in [2.24, 2.45) is 0 Å². The van der Waals surface area contributed by atoms with Crippen LogP contribution in [0.25, 0.3) is 22.6 Å². The number of nitrogens with zero attached hydrogens (tertiary/aromatic N) is 2. The number of aromatic nitrogens is 2. The number of hydrogen-bond acceptors (Lipinski definition) is 4. The summed E-state index contributed by atoms with van der Waals surface area (Å²) in [4.78, 5) is 8.88. The minimum absolute atomic E-state index is 0.352. The second kappa shape index (κ2) is 7.07. The largest absolute Gasteiger partial charge is 0.493 e. The second-order valence-corrected chi connectivity index (χ2v) is 5.80. The molecule has 0 unspecified atom stereocenters. The summed E-state index contributed by atoms with van der Waals surface area (Å²) in [6.45, 7) is 0. The summed E-state index contributed by atoms with van der Waals surface area (Å²) in [5.41, 5.74) is 2.33. The number of rotatable bonds is 4. The summed E-state index contributed by atoms with van der Waals surface area (Å²) in [5, 5.41) is 0.966. The Morgan fingerprint density at radius 3 is 2.29 bits per heavy atom. The third-order valence-corrected chi connectivity index (χ3v) is 3.89. The first-order valence-electron chi connectivity index (χ1n) is 7.13. The summed E-state index contributed by atoms with van der Waals surface area (Å²) in [6.07, 6.45) is 0. The minimum atomic E-state index is 0.352. The van der Waals surface area contributed by atoms with Gasteiger partial charge < -0.3 is 9.47 Å². The van der Waals surface area contributed by atoms with Gasteiger partial charge in [-0.1, -0.05) is 35.3 Å². The molecule has 0 saturated heterocycles. The van der Waals surface area contributed by atoms with Crippen LogP contribution in [-0.4, -0.2) is 24.2 Å². The Morgan fingerprint density at radius 2 is 1.58 bits per heavy atom. The first-order chi connectivity index (χ1) is 11.6. The van der Waals surface area contributed by atoms with E-state index in [1.165, 1.54) is 0 Å². The highest BCUT2D eigenvalue weighted by Crippen LogP contribution is 2.33. The molecule has 0 aliphatic carbocycles. The van der Waals surface area contributed by atoms with Crippen molar-refractivity contribution in [3.63, 3.8) is 0 Å². The Morgan fingerprint density at radius 1 is 0.792 bits per heavy atom. The summed E-state index contributed by atoms with van der Waals surface area (Å²) in [5.74, 6) is 1.78. The van der Waals surface area contributed by atoms with E-state index in [0.717, 1.165) is 11.1 Å². The molecule has 0 N–H and O–H groups in total. The first kappa shape index (κ1) is 16.6. The van der Waals surface area contributed by atoms with Crippen LogP contribution >= 0.6 is 23.2 Å². The van der Waals surface area contributed by atoms with E-state index in [1.807, 2.05) is 30.3 Å². The van der Waals surface area contributed by atoms with Gasteiger partial charge in [-0.25, -0.2) is 9.97 Å². The van der Waals surface area contributed by atoms with Gasteiger partial charge in [0.15, 0.2) is 17.3 Å². The Kier molecular flexibility index (Phi) is 4.88. The Bertz CT molecular complexity index is 885. The van der Waals surface area contributed by atoms with Crippen LogP contribution in [0, 0.1) is 0 Å². The van der Waals surface area contributed by atoms with E-state index in [0.29, 0.717) is 33.2 Å². The topological polar surface area (TPSA) is 44.2 Å². The molecule has 0 atom stereocenters. The molecule has 6 heteroatoms. The molecule has 0 bridgehead atoms. The zero-order valence-corrected chi connectivity index (χ0v) is 14.6. The Labute approximate surface area is 150 Å². The van der Waals surface area contributed by atoms with E-state index in [4.69, 9.17) is 32.7 Å². The maximum atomic E-state index is 6.18. The van der Waals surface area contributed by atoms with Crippen LogP contribution in [0.3, 0.4) is 0 Å². The molecule has 0 saturated carbocycles. The third-order valence-electron chi connectivity index (χ3n) is 3.46. The van der Waals surface area contributed by atoms with Gasteiger partial charge >= 0.3 is 0 Å². The lowest BCUT2D eigenvalue weighted by Gasteiger charge is -2.10. The summed E-state index contributed by atoms with van der Waals surface area (Å²) < 4.78 is 10.6. The van der Waals surface area contributed by atoms with Crippen molar-refractivity contribution in [3.8, 4) is 34.1 Å². The van der Waals surface area contributed by atoms with E-state index in [9.17, 15) is 0 Å². The van der Waals surface area contributed by atoms with Crippen molar-refractivity contribution in [3.05, 3.63) is 58.7 Å². The quantitative estimate of drug-likeness (QED) is 0.604. The SMILES string of the molecule is COc1ccc(-c2cc(Cl)nc(-c3cccc(Cl)c3)n2)cc1OC. The smallest absolute Gasteiger partial charge is 0.161 e. The minimum Gasteiger partial charge on any atom is -0.493 e. The maximum Gasteiger partial charge on any atom is 0.161 e. The third kappa shape index (κ3) is 3.45. The normalized spacial score (nSPS) is 10.5. The summed E-state index contributed by atoms with van der Waals surface area (Å²) >= 11 is 12.2. The number of methoxy groups -OCH3 is 2. The summed E-state index contributed by atoms with van der Waals surface area (Å²) in [6, 6.07) is 14.6. The van der Waals surface area contributed by atoms with Crippen molar-refractivity contribution in [2.45, 2.75) is 0 Å². The molecule has 2 aromatic carbocycles. The van der Waals surface area contributed by atoms with Gasteiger partial charge in [-0.3, -0.25) is 0 Å². The van der Waals surface area contributed by atoms with Crippen molar-refractivity contribution < 1.29 is 9.47 Å². The number of halogens is 2. The molecular formula is C18H14Cl2N2O2.